The number of nitro groups is 1. The van der Waals surface area contributed by atoms with Crippen molar-refractivity contribution in [3.63, 3.8) is 0 Å². The van der Waals surface area contributed by atoms with Crippen LogP contribution in [0.4, 0.5) is 15.9 Å². The number of halogens is 2. The summed E-state index contributed by atoms with van der Waals surface area (Å²) in [5, 5.41) is 15.1. The summed E-state index contributed by atoms with van der Waals surface area (Å²) in [7, 11) is -4.08. The molecule has 0 bridgehead atoms. The molecule has 1 heterocycles. The molecule has 3 rings (SSSR count). The Morgan fingerprint density at radius 1 is 1.22 bits per heavy atom. The third kappa shape index (κ3) is 4.23. The number of hydrogen-bond acceptors (Lipinski definition) is 5. The van der Waals surface area contributed by atoms with Gasteiger partial charge in [0.25, 0.3) is 15.7 Å². The Morgan fingerprint density at radius 3 is 2.67 bits per heavy atom. The fourth-order valence-electron chi connectivity index (χ4n) is 2.31. The van der Waals surface area contributed by atoms with E-state index in [0.29, 0.717) is 0 Å². The van der Waals surface area contributed by atoms with Crippen molar-refractivity contribution < 1.29 is 17.7 Å². The van der Waals surface area contributed by atoms with Gasteiger partial charge in [-0.1, -0.05) is 23.7 Å². The molecule has 0 aliphatic carbocycles. The lowest BCUT2D eigenvalue weighted by Crippen LogP contribution is -2.14. The van der Waals surface area contributed by atoms with Gasteiger partial charge < -0.3 is 0 Å². The summed E-state index contributed by atoms with van der Waals surface area (Å²) >= 11 is 5.97. The monoisotopic (exact) mass is 410 g/mol. The number of anilines is 1. The molecule has 140 valence electrons. The second-order valence-electron chi connectivity index (χ2n) is 5.46. The fraction of sp³-hybridized carbons (Fsp3) is 0.0625. The van der Waals surface area contributed by atoms with E-state index in [9.17, 15) is 22.9 Å². The summed E-state index contributed by atoms with van der Waals surface area (Å²) in [4.78, 5) is 9.84. The molecule has 27 heavy (non-hydrogen) atoms. The van der Waals surface area contributed by atoms with Crippen LogP contribution in [0.1, 0.15) is 5.56 Å². The van der Waals surface area contributed by atoms with Gasteiger partial charge in [-0.3, -0.25) is 19.5 Å². The van der Waals surface area contributed by atoms with Crippen molar-refractivity contribution in [2.24, 2.45) is 0 Å². The van der Waals surface area contributed by atoms with Crippen molar-refractivity contribution in [1.29, 1.82) is 0 Å². The van der Waals surface area contributed by atoms with Gasteiger partial charge in [0.15, 0.2) is 5.82 Å². The number of nitro benzene ring substituents is 1. The van der Waals surface area contributed by atoms with Crippen LogP contribution in [0.2, 0.25) is 5.02 Å². The number of aromatic nitrogens is 2. The summed E-state index contributed by atoms with van der Waals surface area (Å²) in [5.41, 5.74) is -0.132. The van der Waals surface area contributed by atoms with Gasteiger partial charge >= 0.3 is 0 Å². The molecule has 0 amide bonds. The molecule has 3 aromatic rings. The third-order valence-electron chi connectivity index (χ3n) is 3.60. The first-order valence-electron chi connectivity index (χ1n) is 7.50. The molecule has 0 radical (unpaired) electrons. The summed E-state index contributed by atoms with van der Waals surface area (Å²) in [6.07, 6.45) is 1.45. The highest BCUT2D eigenvalue weighted by atomic mass is 35.5. The van der Waals surface area contributed by atoms with E-state index in [4.69, 9.17) is 11.6 Å². The van der Waals surface area contributed by atoms with E-state index in [1.807, 2.05) is 0 Å². The Labute approximate surface area is 158 Å². The largest absolute Gasteiger partial charge is 0.270 e. The number of sulfonamides is 1. The lowest BCUT2D eigenvalue weighted by Gasteiger charge is -2.07. The second kappa shape index (κ2) is 7.33. The Hall–Kier alpha value is -2.98. The standard InChI is InChI=1S/C16H12ClFN4O4S/c17-14-5-2-6-15(18)13(14)10-21-8-7-16(19-21)20-27(25,26)12-4-1-3-11(9-12)22(23)24/h1-9H,10H2,(H,19,20). The molecule has 0 fully saturated rings. The zero-order chi connectivity index (χ0) is 19.6. The minimum absolute atomic E-state index is 0.00401. The average Bonchev–Trinajstić information content (AvgIpc) is 3.05. The van der Waals surface area contributed by atoms with E-state index in [-0.39, 0.29) is 33.5 Å². The van der Waals surface area contributed by atoms with Gasteiger partial charge in [-0.25, -0.2) is 12.8 Å². The molecule has 0 aliphatic heterocycles. The van der Waals surface area contributed by atoms with E-state index < -0.39 is 20.8 Å². The SMILES string of the molecule is O=[N+]([O-])c1cccc(S(=O)(=O)Nc2ccn(Cc3c(F)cccc3Cl)n2)c1. The normalized spacial score (nSPS) is 11.3. The van der Waals surface area contributed by atoms with Crippen LogP contribution < -0.4 is 4.72 Å². The molecule has 1 aromatic heterocycles. The van der Waals surface area contributed by atoms with Gasteiger partial charge in [-0.15, -0.1) is 0 Å². The third-order valence-corrected chi connectivity index (χ3v) is 5.31. The molecule has 11 heteroatoms. The van der Waals surface area contributed by atoms with Gasteiger partial charge in [-0.2, -0.15) is 5.10 Å². The van der Waals surface area contributed by atoms with Gasteiger partial charge in [0, 0.05) is 35.0 Å². The summed E-state index contributed by atoms with van der Waals surface area (Å²) in [5.74, 6) is -0.523. The molecule has 0 atom stereocenters. The Morgan fingerprint density at radius 2 is 1.96 bits per heavy atom. The molecule has 0 aliphatic rings. The predicted molar refractivity (Wildman–Crippen MR) is 96.6 cm³/mol. The van der Waals surface area contributed by atoms with Crippen molar-refractivity contribution in [2.75, 3.05) is 4.72 Å². The van der Waals surface area contributed by atoms with Crippen LogP contribution in [0.25, 0.3) is 0 Å². The summed E-state index contributed by atoms with van der Waals surface area (Å²) in [6.45, 7) is 0.00401. The van der Waals surface area contributed by atoms with Crippen molar-refractivity contribution in [3.05, 3.63) is 81.2 Å². The van der Waals surface area contributed by atoms with Crippen LogP contribution in [0.15, 0.2) is 59.6 Å². The van der Waals surface area contributed by atoms with E-state index in [1.54, 1.807) is 0 Å². The maximum atomic E-state index is 13.8. The maximum absolute atomic E-state index is 13.8. The smallest absolute Gasteiger partial charge is 0.266 e. The van der Waals surface area contributed by atoms with E-state index in [1.165, 1.54) is 53.3 Å². The van der Waals surface area contributed by atoms with Crippen molar-refractivity contribution in [2.45, 2.75) is 11.4 Å². The molecule has 0 saturated heterocycles. The minimum Gasteiger partial charge on any atom is -0.266 e. The molecular weight excluding hydrogens is 399 g/mol. The Bertz CT molecular complexity index is 1100. The van der Waals surface area contributed by atoms with E-state index in [0.717, 1.165) is 6.07 Å². The molecule has 8 nitrogen and oxygen atoms in total. The highest BCUT2D eigenvalue weighted by molar-refractivity contribution is 7.92. The summed E-state index contributed by atoms with van der Waals surface area (Å²) in [6, 6.07) is 10.3. The maximum Gasteiger partial charge on any atom is 0.270 e. The number of nitrogens with zero attached hydrogens (tertiary/aromatic N) is 3. The van der Waals surface area contributed by atoms with Crippen LogP contribution in [-0.4, -0.2) is 23.1 Å². The van der Waals surface area contributed by atoms with Crippen LogP contribution in [0.5, 0.6) is 0 Å². The number of non-ortho nitro benzene ring substituents is 1. The number of nitrogens with one attached hydrogen (secondary N) is 1. The first-order valence-corrected chi connectivity index (χ1v) is 9.36. The lowest BCUT2D eigenvalue weighted by molar-refractivity contribution is -0.385. The molecule has 0 saturated carbocycles. The van der Waals surface area contributed by atoms with E-state index in [2.05, 4.69) is 9.82 Å². The minimum atomic E-state index is -4.08. The van der Waals surface area contributed by atoms with Gasteiger partial charge in [-0.05, 0) is 18.2 Å². The quantitative estimate of drug-likeness (QED) is 0.494. The lowest BCUT2D eigenvalue weighted by atomic mass is 10.2. The zero-order valence-electron chi connectivity index (χ0n) is 13.5. The van der Waals surface area contributed by atoms with Crippen molar-refractivity contribution in [3.8, 4) is 0 Å². The first-order chi connectivity index (χ1) is 12.8. The van der Waals surface area contributed by atoms with Gasteiger partial charge in [0.2, 0.25) is 0 Å². The summed E-state index contributed by atoms with van der Waals surface area (Å²) < 4.78 is 42.2. The molecular formula is C16H12ClFN4O4S. The zero-order valence-corrected chi connectivity index (χ0v) is 15.1. The molecule has 2 aromatic carbocycles. The average molecular weight is 411 g/mol. The second-order valence-corrected chi connectivity index (χ2v) is 7.55. The molecule has 0 unspecified atom stereocenters. The Kier molecular flexibility index (Phi) is 5.10. The van der Waals surface area contributed by atoms with Crippen LogP contribution in [0.3, 0.4) is 0 Å². The van der Waals surface area contributed by atoms with Gasteiger partial charge in [0.05, 0.1) is 16.4 Å². The predicted octanol–water partition coefficient (Wildman–Crippen LogP) is 3.43. The number of rotatable bonds is 6. The van der Waals surface area contributed by atoms with Crippen LogP contribution >= 0.6 is 11.6 Å². The fourth-order valence-corrected chi connectivity index (χ4v) is 3.57. The van der Waals surface area contributed by atoms with Crippen LogP contribution in [0, 0.1) is 15.9 Å². The number of hydrogen-bond donors (Lipinski definition) is 1. The highest BCUT2D eigenvalue weighted by Gasteiger charge is 2.19. The number of benzene rings is 2. The van der Waals surface area contributed by atoms with E-state index >= 15 is 0 Å². The Balaban J connectivity index is 1.81. The first kappa shape index (κ1) is 18.8. The van der Waals surface area contributed by atoms with Crippen molar-refractivity contribution in [1.82, 2.24) is 9.78 Å². The highest BCUT2D eigenvalue weighted by Crippen LogP contribution is 2.22. The molecule has 0 spiro atoms. The topological polar surface area (TPSA) is 107 Å². The van der Waals surface area contributed by atoms with Crippen molar-refractivity contribution >= 4 is 33.1 Å². The van der Waals surface area contributed by atoms with Gasteiger partial charge in [0.1, 0.15) is 5.82 Å². The molecule has 1 N–H and O–H groups in total. The van der Waals surface area contributed by atoms with Crippen LogP contribution in [-0.2, 0) is 16.6 Å².